The van der Waals surface area contributed by atoms with E-state index in [1.165, 1.54) is 0 Å². The molecule has 0 saturated heterocycles. The normalized spacial score (nSPS) is 8.80. The molecule has 0 aromatic carbocycles. The highest BCUT2D eigenvalue weighted by Gasteiger charge is 2.01. The molecule has 0 rings (SSSR count). The van der Waals surface area contributed by atoms with Crippen LogP contribution in [0.3, 0.4) is 0 Å². The Morgan fingerprint density at radius 2 is 1.40 bits per heavy atom. The van der Waals surface area contributed by atoms with Crippen molar-refractivity contribution in [1.82, 2.24) is 0 Å². The molecule has 0 aliphatic carbocycles. The smallest absolute Gasteiger partial charge is 0.144 e. The van der Waals surface area contributed by atoms with Crippen molar-refractivity contribution >= 4 is 5.78 Å². The van der Waals surface area contributed by atoms with E-state index in [1.54, 1.807) is 0 Å². The molecule has 0 aliphatic rings. The maximum atomic E-state index is 10.8. The Bertz CT molecular complexity index is 154. The summed E-state index contributed by atoms with van der Waals surface area (Å²) in [4.78, 5) is 10.8. The minimum Gasteiger partial charge on any atom is -0.402 e. The molecule has 10 heavy (non-hydrogen) atoms. The molecule has 0 fully saturated rings. The van der Waals surface area contributed by atoms with Gasteiger partial charge in [0, 0.05) is 24.2 Å². The maximum Gasteiger partial charge on any atom is 0.144 e. The van der Waals surface area contributed by atoms with Crippen LogP contribution in [0.1, 0.15) is 12.8 Å². The summed E-state index contributed by atoms with van der Waals surface area (Å²) < 4.78 is 0. The van der Waals surface area contributed by atoms with Gasteiger partial charge in [0.25, 0.3) is 0 Å². The van der Waals surface area contributed by atoms with E-state index < -0.39 is 0 Å². The van der Waals surface area contributed by atoms with Crippen LogP contribution >= 0.6 is 0 Å². The molecule has 0 bridgehead atoms. The molecule has 0 unspecified atom stereocenters. The summed E-state index contributed by atoms with van der Waals surface area (Å²) in [5.41, 5.74) is 11.1. The fourth-order valence-corrected chi connectivity index (χ4v) is 0.569. The predicted molar refractivity (Wildman–Crippen MR) is 40.9 cm³/mol. The van der Waals surface area contributed by atoms with Gasteiger partial charge in [-0.15, -0.1) is 0 Å². The number of Topliss-reactive ketones (excluding diaryl/α,β-unsaturated/α-hetero) is 1. The van der Waals surface area contributed by atoms with E-state index in [4.69, 9.17) is 11.5 Å². The monoisotopic (exact) mass is 140 g/mol. The lowest BCUT2D eigenvalue weighted by molar-refractivity contribution is -0.117. The van der Waals surface area contributed by atoms with E-state index in [0.29, 0.717) is 11.4 Å². The minimum atomic E-state index is -0.0417. The van der Waals surface area contributed by atoms with Gasteiger partial charge in [0.2, 0.25) is 0 Å². The first-order chi connectivity index (χ1) is 4.52. The lowest BCUT2D eigenvalue weighted by Gasteiger charge is -1.97. The molecule has 56 valence electrons. The number of carbonyl (C=O) groups excluding carboxylic acids is 1. The Labute approximate surface area is 60.4 Å². The molecule has 0 saturated carbocycles. The molecule has 3 nitrogen and oxygen atoms in total. The molecule has 0 spiro atoms. The van der Waals surface area contributed by atoms with E-state index in [-0.39, 0.29) is 18.6 Å². The standard InChI is InChI=1S/C7H12N2O/c1-5(8)3-7(10)4-6(2)9/h1-4,8-9H2. The van der Waals surface area contributed by atoms with Gasteiger partial charge in [-0.2, -0.15) is 0 Å². The number of allylic oxidation sites excluding steroid dienone is 2. The zero-order valence-corrected chi connectivity index (χ0v) is 5.89. The Morgan fingerprint density at radius 1 is 1.10 bits per heavy atom. The first kappa shape index (κ1) is 8.75. The van der Waals surface area contributed by atoms with Crippen molar-refractivity contribution in [1.29, 1.82) is 0 Å². The lowest BCUT2D eigenvalue weighted by atomic mass is 10.1. The van der Waals surface area contributed by atoms with E-state index in [9.17, 15) is 4.79 Å². The van der Waals surface area contributed by atoms with E-state index in [1.807, 2.05) is 0 Å². The van der Waals surface area contributed by atoms with Gasteiger partial charge in [-0.3, -0.25) is 4.79 Å². The number of carbonyl (C=O) groups is 1. The van der Waals surface area contributed by atoms with Crippen molar-refractivity contribution in [3.8, 4) is 0 Å². The van der Waals surface area contributed by atoms with Gasteiger partial charge in [0.1, 0.15) is 5.78 Å². The maximum absolute atomic E-state index is 10.8. The Kier molecular flexibility index (Phi) is 3.25. The minimum absolute atomic E-state index is 0.0417. The van der Waals surface area contributed by atoms with Crippen LogP contribution < -0.4 is 11.5 Å². The van der Waals surface area contributed by atoms with Crippen LogP contribution in [0.4, 0.5) is 0 Å². The van der Waals surface area contributed by atoms with E-state index >= 15 is 0 Å². The molecule has 3 heteroatoms. The van der Waals surface area contributed by atoms with Crippen molar-refractivity contribution in [2.45, 2.75) is 12.8 Å². The van der Waals surface area contributed by atoms with Crippen molar-refractivity contribution in [2.75, 3.05) is 0 Å². The quantitative estimate of drug-likeness (QED) is 0.589. The van der Waals surface area contributed by atoms with Gasteiger partial charge in [-0.1, -0.05) is 13.2 Å². The van der Waals surface area contributed by atoms with Crippen LogP contribution in [-0.4, -0.2) is 5.78 Å². The van der Waals surface area contributed by atoms with Crippen LogP contribution in [0, 0.1) is 0 Å². The topological polar surface area (TPSA) is 69.1 Å². The first-order valence-electron chi connectivity index (χ1n) is 2.90. The number of rotatable bonds is 4. The van der Waals surface area contributed by atoms with Crippen molar-refractivity contribution < 1.29 is 4.79 Å². The van der Waals surface area contributed by atoms with Gasteiger partial charge in [0.05, 0.1) is 0 Å². The van der Waals surface area contributed by atoms with Crippen molar-refractivity contribution in [2.24, 2.45) is 11.5 Å². The molecule has 0 aromatic rings. The van der Waals surface area contributed by atoms with E-state index in [2.05, 4.69) is 13.2 Å². The molecule has 0 aliphatic heterocycles. The largest absolute Gasteiger partial charge is 0.402 e. The molecule has 0 heterocycles. The number of hydrogen-bond acceptors (Lipinski definition) is 3. The second-order valence-electron chi connectivity index (χ2n) is 2.21. The lowest BCUT2D eigenvalue weighted by Crippen LogP contribution is -2.08. The molecular weight excluding hydrogens is 128 g/mol. The van der Waals surface area contributed by atoms with Crippen LogP contribution in [0.15, 0.2) is 24.6 Å². The third-order valence-corrected chi connectivity index (χ3v) is 0.848. The fraction of sp³-hybridized carbons (Fsp3) is 0.286. The molecule has 0 amide bonds. The number of ketones is 1. The average molecular weight is 140 g/mol. The Hall–Kier alpha value is -1.25. The van der Waals surface area contributed by atoms with Gasteiger partial charge in [0.15, 0.2) is 0 Å². The summed E-state index contributed by atoms with van der Waals surface area (Å²) in [5.74, 6) is -0.0417. The Morgan fingerprint density at radius 3 is 1.60 bits per heavy atom. The van der Waals surface area contributed by atoms with Gasteiger partial charge < -0.3 is 11.5 Å². The zero-order valence-electron chi connectivity index (χ0n) is 5.89. The van der Waals surface area contributed by atoms with Crippen LogP contribution in [-0.2, 0) is 4.79 Å². The number of nitrogens with two attached hydrogens (primary N) is 2. The van der Waals surface area contributed by atoms with Gasteiger partial charge in [-0.25, -0.2) is 0 Å². The summed E-state index contributed by atoms with van der Waals surface area (Å²) in [6.45, 7) is 6.78. The van der Waals surface area contributed by atoms with Crippen LogP contribution in [0.5, 0.6) is 0 Å². The molecule has 0 atom stereocenters. The Balaban J connectivity index is 3.65. The fourth-order valence-electron chi connectivity index (χ4n) is 0.569. The highest BCUT2D eigenvalue weighted by Crippen LogP contribution is 1.97. The summed E-state index contributed by atoms with van der Waals surface area (Å²) in [7, 11) is 0. The molecular formula is C7H12N2O. The predicted octanol–water partition coefficient (Wildman–Crippen LogP) is 0.281. The summed E-state index contributed by atoms with van der Waals surface area (Å²) in [6, 6.07) is 0. The third kappa shape index (κ3) is 4.90. The summed E-state index contributed by atoms with van der Waals surface area (Å²) in [6.07, 6.45) is 0.381. The molecule has 4 N–H and O–H groups in total. The molecule has 0 aromatic heterocycles. The van der Waals surface area contributed by atoms with Gasteiger partial charge in [-0.05, 0) is 0 Å². The highest BCUT2D eigenvalue weighted by molar-refractivity contribution is 5.82. The van der Waals surface area contributed by atoms with Crippen LogP contribution in [0.25, 0.3) is 0 Å². The average Bonchev–Trinajstić information content (AvgIpc) is 1.58. The summed E-state index contributed by atoms with van der Waals surface area (Å²) >= 11 is 0. The van der Waals surface area contributed by atoms with E-state index in [0.717, 1.165) is 0 Å². The summed E-state index contributed by atoms with van der Waals surface area (Å²) in [5, 5.41) is 0. The van der Waals surface area contributed by atoms with Crippen molar-refractivity contribution in [3.05, 3.63) is 24.6 Å². The highest BCUT2D eigenvalue weighted by atomic mass is 16.1. The second kappa shape index (κ2) is 3.71. The second-order valence-corrected chi connectivity index (χ2v) is 2.21. The third-order valence-electron chi connectivity index (χ3n) is 0.848. The number of hydrogen-bond donors (Lipinski definition) is 2. The zero-order chi connectivity index (χ0) is 8.15. The molecule has 0 radical (unpaired) electrons. The first-order valence-corrected chi connectivity index (χ1v) is 2.90. The van der Waals surface area contributed by atoms with Crippen molar-refractivity contribution in [3.63, 3.8) is 0 Å². The van der Waals surface area contributed by atoms with Crippen LogP contribution in [0.2, 0.25) is 0 Å². The SMILES string of the molecule is C=C(N)CC(=O)CC(=C)N. The van der Waals surface area contributed by atoms with Gasteiger partial charge >= 0.3 is 0 Å².